The second-order valence-electron chi connectivity index (χ2n) is 7.26. The first-order chi connectivity index (χ1) is 15.3. The molecule has 0 aliphatic carbocycles. The second kappa shape index (κ2) is 8.86. The molecular weight excluding hydrogens is 410 g/mol. The molecule has 0 spiro atoms. The molecule has 1 atom stereocenters. The molecule has 1 heterocycles. The molecule has 3 N–H and O–H groups in total. The van der Waals surface area contributed by atoms with E-state index in [2.05, 4.69) is 6.07 Å². The Morgan fingerprint density at radius 2 is 1.66 bits per heavy atom. The number of benzene rings is 2. The van der Waals surface area contributed by atoms with Crippen molar-refractivity contribution in [2.75, 3.05) is 19.1 Å². The van der Waals surface area contributed by atoms with Gasteiger partial charge in [0, 0.05) is 0 Å². The Morgan fingerprint density at radius 3 is 2.22 bits per heavy atom. The maximum absolute atomic E-state index is 13.0. The minimum Gasteiger partial charge on any atom is -0.506 e. The topological polar surface area (TPSA) is 126 Å². The lowest BCUT2D eigenvalue weighted by molar-refractivity contribution is -0.139. The molecule has 8 nitrogen and oxygen atoms in total. The third-order valence-corrected chi connectivity index (χ3v) is 5.44. The van der Waals surface area contributed by atoms with E-state index in [0.29, 0.717) is 5.56 Å². The predicted octanol–water partition coefficient (Wildman–Crippen LogP) is 2.91. The van der Waals surface area contributed by atoms with Crippen LogP contribution in [-0.4, -0.2) is 31.3 Å². The quantitative estimate of drug-likeness (QED) is 0.705. The molecule has 0 saturated carbocycles. The van der Waals surface area contributed by atoms with Crippen LogP contribution in [0.25, 0.3) is 0 Å². The predicted molar refractivity (Wildman–Crippen MR) is 117 cm³/mol. The third kappa shape index (κ3) is 3.65. The number of aryl methyl sites for hydroxylation is 2. The number of hydrogen-bond acceptors (Lipinski definition) is 8. The van der Waals surface area contributed by atoms with Crippen LogP contribution in [0.15, 0.2) is 65.1 Å². The van der Waals surface area contributed by atoms with Crippen LogP contribution in [0.5, 0.6) is 5.75 Å². The van der Waals surface area contributed by atoms with Crippen LogP contribution in [0.2, 0.25) is 0 Å². The van der Waals surface area contributed by atoms with E-state index in [-0.39, 0.29) is 34.1 Å². The van der Waals surface area contributed by atoms with Crippen molar-refractivity contribution in [1.82, 2.24) is 0 Å². The van der Waals surface area contributed by atoms with Crippen molar-refractivity contribution in [3.05, 3.63) is 81.8 Å². The fourth-order valence-corrected chi connectivity index (χ4v) is 3.73. The van der Waals surface area contributed by atoms with Crippen LogP contribution >= 0.6 is 0 Å². The van der Waals surface area contributed by atoms with Gasteiger partial charge in [-0.15, -0.1) is 0 Å². The van der Waals surface area contributed by atoms with Crippen molar-refractivity contribution in [3.8, 4) is 11.8 Å². The fourth-order valence-electron chi connectivity index (χ4n) is 3.73. The monoisotopic (exact) mass is 433 g/mol. The summed E-state index contributed by atoms with van der Waals surface area (Å²) >= 11 is 0. The largest absolute Gasteiger partial charge is 0.506 e. The van der Waals surface area contributed by atoms with Gasteiger partial charge in [0.05, 0.1) is 43.0 Å². The number of methoxy groups -OCH3 is 2. The second-order valence-corrected chi connectivity index (χ2v) is 7.26. The van der Waals surface area contributed by atoms with E-state index in [1.54, 1.807) is 36.4 Å². The van der Waals surface area contributed by atoms with Gasteiger partial charge >= 0.3 is 11.9 Å². The molecular formula is C24H23N3O5. The molecule has 0 fully saturated rings. The van der Waals surface area contributed by atoms with E-state index in [0.717, 1.165) is 11.1 Å². The number of esters is 2. The van der Waals surface area contributed by atoms with Crippen molar-refractivity contribution in [3.63, 3.8) is 0 Å². The SMILES string of the molecule is COC(=O)C1=C(C(=O)OC)N(c2cc(C)c(C)cc2O)C(N)=C(C#N)C1c1ccccc1. The molecule has 8 heteroatoms. The van der Waals surface area contributed by atoms with Crippen molar-refractivity contribution < 1.29 is 24.2 Å². The number of anilines is 1. The molecule has 0 bridgehead atoms. The van der Waals surface area contributed by atoms with E-state index >= 15 is 0 Å². The van der Waals surface area contributed by atoms with Gasteiger partial charge in [-0.05, 0) is 42.7 Å². The maximum Gasteiger partial charge on any atom is 0.355 e. The number of rotatable bonds is 4. The summed E-state index contributed by atoms with van der Waals surface area (Å²) in [5, 5.41) is 20.7. The molecule has 3 rings (SSSR count). The number of nitrogens with two attached hydrogens (primary N) is 1. The first-order valence-electron chi connectivity index (χ1n) is 9.72. The number of phenols is 1. The highest BCUT2D eigenvalue weighted by Crippen LogP contribution is 2.45. The van der Waals surface area contributed by atoms with Gasteiger partial charge in [-0.3, -0.25) is 4.90 Å². The van der Waals surface area contributed by atoms with Gasteiger partial charge in [-0.25, -0.2) is 9.59 Å². The molecule has 0 aromatic heterocycles. The number of nitrogens with zero attached hydrogens (tertiary/aromatic N) is 2. The highest BCUT2D eigenvalue weighted by Gasteiger charge is 2.43. The third-order valence-electron chi connectivity index (χ3n) is 5.44. The molecule has 164 valence electrons. The van der Waals surface area contributed by atoms with Crippen molar-refractivity contribution in [2.45, 2.75) is 19.8 Å². The number of hydrogen-bond donors (Lipinski definition) is 2. The Labute approximate surface area is 185 Å². The molecule has 1 aliphatic heterocycles. The van der Waals surface area contributed by atoms with Gasteiger partial charge in [0.1, 0.15) is 17.3 Å². The Morgan fingerprint density at radius 1 is 1.06 bits per heavy atom. The van der Waals surface area contributed by atoms with Crippen LogP contribution in [0.1, 0.15) is 22.6 Å². The lowest BCUT2D eigenvalue weighted by Crippen LogP contribution is -2.40. The number of ether oxygens (including phenoxy) is 2. The summed E-state index contributed by atoms with van der Waals surface area (Å²) in [7, 11) is 2.34. The lowest BCUT2D eigenvalue weighted by Gasteiger charge is -2.36. The number of phenolic OH excluding ortho intramolecular Hbond substituents is 1. The minimum atomic E-state index is -0.965. The summed E-state index contributed by atoms with van der Waals surface area (Å²) < 4.78 is 9.96. The van der Waals surface area contributed by atoms with Gasteiger partial charge in [0.15, 0.2) is 0 Å². The normalized spacial score (nSPS) is 16.0. The molecule has 32 heavy (non-hydrogen) atoms. The van der Waals surface area contributed by atoms with E-state index in [9.17, 15) is 20.0 Å². The zero-order chi connectivity index (χ0) is 23.6. The van der Waals surface area contributed by atoms with E-state index in [1.807, 2.05) is 13.8 Å². The molecule has 0 amide bonds. The number of aromatic hydroxyl groups is 1. The number of carbonyl (C=O) groups is 2. The Hall–Kier alpha value is -4.25. The zero-order valence-electron chi connectivity index (χ0n) is 18.2. The molecule has 2 aromatic rings. The molecule has 0 saturated heterocycles. The van der Waals surface area contributed by atoms with Gasteiger partial charge in [-0.1, -0.05) is 30.3 Å². The first-order valence-corrected chi connectivity index (χ1v) is 9.72. The Bertz CT molecular complexity index is 1190. The molecule has 0 radical (unpaired) electrons. The van der Waals surface area contributed by atoms with Crippen LogP contribution in [0.3, 0.4) is 0 Å². The summed E-state index contributed by atoms with van der Waals surface area (Å²) in [6.07, 6.45) is 0. The Kier molecular flexibility index (Phi) is 6.21. The molecule has 1 aliphatic rings. The summed E-state index contributed by atoms with van der Waals surface area (Å²) in [4.78, 5) is 27.2. The summed E-state index contributed by atoms with van der Waals surface area (Å²) in [6.45, 7) is 3.64. The summed E-state index contributed by atoms with van der Waals surface area (Å²) in [6, 6.07) is 13.9. The standard InChI is InChI=1S/C24H23N3O5/c1-13-10-17(18(28)11-14(13)2)27-21(24(30)32-4)20(23(29)31-3)19(16(12-25)22(27)26)15-8-6-5-7-9-15/h5-11,19,28H,26H2,1-4H3. The lowest BCUT2D eigenvalue weighted by atomic mass is 9.81. The minimum absolute atomic E-state index is 0.0295. The van der Waals surface area contributed by atoms with Gasteiger partial charge in [-0.2, -0.15) is 5.26 Å². The van der Waals surface area contributed by atoms with Gasteiger partial charge in [0.25, 0.3) is 0 Å². The average Bonchev–Trinajstić information content (AvgIpc) is 2.80. The van der Waals surface area contributed by atoms with Crippen LogP contribution in [0, 0.1) is 25.2 Å². The molecule has 1 unspecified atom stereocenters. The smallest absolute Gasteiger partial charge is 0.355 e. The summed E-state index contributed by atoms with van der Waals surface area (Å²) in [5.41, 5.74) is 8.41. The van der Waals surface area contributed by atoms with Crippen LogP contribution < -0.4 is 10.6 Å². The fraction of sp³-hybridized carbons (Fsp3) is 0.208. The Balaban J connectivity index is 2.46. The van der Waals surface area contributed by atoms with Crippen molar-refractivity contribution in [1.29, 1.82) is 5.26 Å². The van der Waals surface area contributed by atoms with Gasteiger partial charge in [0.2, 0.25) is 0 Å². The van der Waals surface area contributed by atoms with E-state index in [1.165, 1.54) is 25.2 Å². The number of allylic oxidation sites excluding steroid dienone is 1. The highest BCUT2D eigenvalue weighted by molar-refractivity contribution is 6.06. The zero-order valence-corrected chi connectivity index (χ0v) is 18.2. The van der Waals surface area contributed by atoms with Crippen LogP contribution in [-0.2, 0) is 19.1 Å². The average molecular weight is 433 g/mol. The van der Waals surface area contributed by atoms with Crippen molar-refractivity contribution >= 4 is 17.6 Å². The highest BCUT2D eigenvalue weighted by atomic mass is 16.5. The van der Waals surface area contributed by atoms with E-state index < -0.39 is 17.9 Å². The maximum atomic E-state index is 13.0. The molecule has 2 aromatic carbocycles. The number of nitriles is 1. The van der Waals surface area contributed by atoms with Gasteiger partial charge < -0.3 is 20.3 Å². The van der Waals surface area contributed by atoms with E-state index in [4.69, 9.17) is 15.2 Å². The summed E-state index contributed by atoms with van der Waals surface area (Å²) in [5.74, 6) is -2.95. The number of carbonyl (C=O) groups excluding carboxylic acids is 2. The van der Waals surface area contributed by atoms with Crippen molar-refractivity contribution in [2.24, 2.45) is 5.73 Å². The van der Waals surface area contributed by atoms with Crippen LogP contribution in [0.4, 0.5) is 5.69 Å². The first kappa shape index (κ1) is 22.4.